The molecular formula is C6H10KO9P. The molecule has 1 heterocycles. The van der Waals surface area contributed by atoms with Crippen molar-refractivity contribution in [3.05, 3.63) is 11.5 Å². The Bertz CT molecular complexity index is 379. The minimum absolute atomic E-state index is 0. The first-order valence-electron chi connectivity index (χ1n) is 3.94. The quantitative estimate of drug-likeness (QED) is 0.195. The van der Waals surface area contributed by atoms with Crippen LogP contribution in [0.5, 0.6) is 0 Å². The van der Waals surface area contributed by atoms with Gasteiger partial charge >= 0.3 is 65.2 Å². The molecule has 5 N–H and O–H groups in total. The molecule has 1 aliphatic heterocycles. The summed E-state index contributed by atoms with van der Waals surface area (Å²) in [7, 11) is -5.01. The number of carbonyl (C=O) groups is 1. The van der Waals surface area contributed by atoms with Crippen molar-refractivity contribution in [3.8, 4) is 0 Å². The van der Waals surface area contributed by atoms with Crippen molar-refractivity contribution in [2.75, 3.05) is 6.61 Å². The number of hydrogen-bond donors (Lipinski definition) is 5. The molecule has 11 heteroatoms. The smallest absolute Gasteiger partial charge is 1.00 e. The molecular weight excluding hydrogens is 286 g/mol. The van der Waals surface area contributed by atoms with Crippen molar-refractivity contribution in [1.82, 2.24) is 0 Å². The van der Waals surface area contributed by atoms with Crippen LogP contribution in [0.25, 0.3) is 0 Å². The molecule has 94 valence electrons. The summed E-state index contributed by atoms with van der Waals surface area (Å²) >= 11 is 0. The maximum absolute atomic E-state index is 10.8. The zero-order chi connectivity index (χ0) is 12.5. The summed E-state index contributed by atoms with van der Waals surface area (Å²) < 4.78 is 18.9. The Morgan fingerprint density at radius 1 is 1.53 bits per heavy atom. The number of phosphoric ester groups is 1. The van der Waals surface area contributed by atoms with E-state index in [0.29, 0.717) is 0 Å². The summed E-state index contributed by atoms with van der Waals surface area (Å²) in [6.07, 6.45) is -3.31. The van der Waals surface area contributed by atoms with E-state index in [2.05, 4.69) is 9.26 Å². The summed E-state index contributed by atoms with van der Waals surface area (Å²) in [4.78, 5) is 27.8. The maximum Gasteiger partial charge on any atom is 1.00 e. The molecule has 0 aromatic carbocycles. The second kappa shape index (κ2) is 6.62. The first-order chi connectivity index (χ1) is 7.26. The van der Waals surface area contributed by atoms with Gasteiger partial charge in [0.15, 0.2) is 6.10 Å². The number of rotatable bonds is 4. The minimum Gasteiger partial charge on any atom is -1.00 e. The normalized spacial score (nSPS) is 21.9. The molecule has 1 aliphatic rings. The minimum atomic E-state index is -5.01. The summed E-state index contributed by atoms with van der Waals surface area (Å²) in [6.45, 7) is -0.848. The zero-order valence-electron chi connectivity index (χ0n) is 9.68. The molecule has 0 aromatic rings. The van der Waals surface area contributed by atoms with Crippen molar-refractivity contribution < 1.29 is 96.5 Å². The fraction of sp³-hybridized carbons (Fsp3) is 0.500. The number of aliphatic hydroxyl groups is 3. The van der Waals surface area contributed by atoms with Crippen LogP contribution >= 0.6 is 7.82 Å². The molecule has 0 saturated carbocycles. The van der Waals surface area contributed by atoms with E-state index in [9.17, 15) is 9.36 Å². The van der Waals surface area contributed by atoms with Crippen molar-refractivity contribution in [3.63, 3.8) is 0 Å². The molecule has 0 amide bonds. The molecule has 0 unspecified atom stereocenters. The molecule has 0 aromatic heterocycles. The van der Waals surface area contributed by atoms with E-state index in [4.69, 9.17) is 25.1 Å². The van der Waals surface area contributed by atoms with Crippen LogP contribution in [0.15, 0.2) is 11.5 Å². The zero-order valence-corrected chi connectivity index (χ0v) is 12.7. The number of hydrogen-bond acceptors (Lipinski definition) is 7. The van der Waals surface area contributed by atoms with E-state index in [1.54, 1.807) is 0 Å². The Morgan fingerprint density at radius 2 is 2.06 bits per heavy atom. The maximum atomic E-state index is 10.8. The van der Waals surface area contributed by atoms with Gasteiger partial charge in [0.2, 0.25) is 11.5 Å². The van der Waals surface area contributed by atoms with E-state index < -0.39 is 44.1 Å². The molecule has 0 aliphatic carbocycles. The van der Waals surface area contributed by atoms with Gasteiger partial charge in [-0.05, 0) is 0 Å². The van der Waals surface area contributed by atoms with Crippen LogP contribution in [0.4, 0.5) is 0 Å². The third kappa shape index (κ3) is 4.60. The molecule has 0 radical (unpaired) electrons. The molecule has 0 fully saturated rings. The van der Waals surface area contributed by atoms with Gasteiger partial charge in [0.1, 0.15) is 6.10 Å². The monoisotopic (exact) mass is 296 g/mol. The van der Waals surface area contributed by atoms with Gasteiger partial charge in [0.05, 0.1) is 6.61 Å². The predicted molar refractivity (Wildman–Crippen MR) is 46.9 cm³/mol. The van der Waals surface area contributed by atoms with Crippen LogP contribution in [-0.2, 0) is 18.6 Å². The van der Waals surface area contributed by atoms with Crippen LogP contribution in [0, 0.1) is 0 Å². The number of esters is 1. The predicted octanol–water partition coefficient (Wildman–Crippen LogP) is -4.74. The number of carbonyl (C=O) groups excluding carboxylic acids is 1. The van der Waals surface area contributed by atoms with Gasteiger partial charge in [-0.25, -0.2) is 9.36 Å². The van der Waals surface area contributed by atoms with E-state index in [-0.39, 0.29) is 52.8 Å². The van der Waals surface area contributed by atoms with Crippen LogP contribution < -0.4 is 51.4 Å². The van der Waals surface area contributed by atoms with Gasteiger partial charge in [0.25, 0.3) is 0 Å². The largest absolute Gasteiger partial charge is 1.00 e. The van der Waals surface area contributed by atoms with Crippen molar-refractivity contribution >= 4 is 13.8 Å². The molecule has 1 rings (SSSR count). The van der Waals surface area contributed by atoms with Gasteiger partial charge in [-0.15, -0.1) is 0 Å². The summed E-state index contributed by atoms with van der Waals surface area (Å²) in [5, 5.41) is 26.8. The number of cyclic esters (lactones) is 1. The van der Waals surface area contributed by atoms with Crippen molar-refractivity contribution in [2.24, 2.45) is 0 Å². The SMILES string of the molecule is O=C1O[C@H]([C@@H](O)CO)C(OP(=O)(O)O)=C1O.[H-].[K+]. The van der Waals surface area contributed by atoms with Crippen LogP contribution in [0.1, 0.15) is 1.43 Å². The Kier molecular flexibility index (Phi) is 6.82. The van der Waals surface area contributed by atoms with Gasteiger partial charge in [-0.2, -0.15) is 0 Å². The third-order valence-corrected chi connectivity index (χ3v) is 2.11. The van der Waals surface area contributed by atoms with Crippen LogP contribution in [0.2, 0.25) is 0 Å². The summed E-state index contributed by atoms with van der Waals surface area (Å²) in [5.41, 5.74) is 0. The second-order valence-electron chi connectivity index (χ2n) is 2.87. The fourth-order valence-corrected chi connectivity index (χ4v) is 1.48. The van der Waals surface area contributed by atoms with E-state index >= 15 is 0 Å². The van der Waals surface area contributed by atoms with Gasteiger partial charge in [-0.3, -0.25) is 9.79 Å². The average Bonchev–Trinajstić information content (AvgIpc) is 2.43. The van der Waals surface area contributed by atoms with Crippen molar-refractivity contribution in [2.45, 2.75) is 12.2 Å². The summed E-state index contributed by atoms with van der Waals surface area (Å²) in [5.74, 6) is -3.36. The first-order valence-corrected chi connectivity index (χ1v) is 5.47. The fourth-order valence-electron chi connectivity index (χ4n) is 1.03. The standard InChI is InChI=1S/C6H9O9P.K.H/c7-1-2(8)4-5(15-16(11,12)13)3(9)6(10)14-4;;/h2,4,7-9H,1H2,(H2,11,12,13);;/q;+1;-1/t2-,4+;;/m0../s1. The first kappa shape index (κ1) is 17.5. The Labute approximate surface area is 139 Å². The third-order valence-electron chi connectivity index (χ3n) is 1.67. The Morgan fingerprint density at radius 3 is 2.47 bits per heavy atom. The molecule has 0 spiro atoms. The Balaban J connectivity index is 0. The molecule has 0 saturated heterocycles. The van der Waals surface area contributed by atoms with Gasteiger partial charge in [-0.1, -0.05) is 0 Å². The van der Waals surface area contributed by atoms with Crippen LogP contribution in [0.3, 0.4) is 0 Å². The number of aliphatic hydroxyl groups excluding tert-OH is 3. The van der Waals surface area contributed by atoms with E-state index in [1.165, 1.54) is 0 Å². The number of phosphoric acid groups is 1. The second-order valence-corrected chi connectivity index (χ2v) is 4.03. The van der Waals surface area contributed by atoms with E-state index in [1.807, 2.05) is 0 Å². The van der Waals surface area contributed by atoms with Gasteiger partial charge in [0, 0.05) is 0 Å². The Hall–Kier alpha value is 0.516. The molecule has 9 nitrogen and oxygen atoms in total. The van der Waals surface area contributed by atoms with Crippen molar-refractivity contribution in [1.29, 1.82) is 0 Å². The van der Waals surface area contributed by atoms with E-state index in [0.717, 1.165) is 0 Å². The molecule has 2 atom stereocenters. The van der Waals surface area contributed by atoms with Crippen LogP contribution in [-0.4, -0.2) is 49.9 Å². The average molecular weight is 296 g/mol. The van der Waals surface area contributed by atoms with Gasteiger partial charge < -0.3 is 26.0 Å². The summed E-state index contributed by atoms with van der Waals surface area (Å²) in [6, 6.07) is 0. The molecule has 0 bridgehead atoms. The number of ether oxygens (including phenoxy) is 1. The molecule has 17 heavy (non-hydrogen) atoms. The topological polar surface area (TPSA) is 154 Å².